The first-order valence-corrected chi connectivity index (χ1v) is 11.1. The van der Waals surface area contributed by atoms with E-state index < -0.39 is 17.7 Å². The van der Waals surface area contributed by atoms with Crippen LogP contribution in [0.25, 0.3) is 11.1 Å². The van der Waals surface area contributed by atoms with E-state index in [9.17, 15) is 9.90 Å². The van der Waals surface area contributed by atoms with E-state index in [-0.39, 0.29) is 5.91 Å². The van der Waals surface area contributed by atoms with Crippen LogP contribution < -0.4 is 15.4 Å². The zero-order chi connectivity index (χ0) is 23.7. The number of aliphatic hydroxyl groups is 1. The summed E-state index contributed by atoms with van der Waals surface area (Å²) in [5, 5.41) is 22.7. The highest BCUT2D eigenvalue weighted by atomic mass is 16.5. The number of ether oxygens (including phenoxy) is 1. The number of hydrogen-bond acceptors (Lipinski definition) is 5. The van der Waals surface area contributed by atoms with Crippen molar-refractivity contribution in [3.05, 3.63) is 96.7 Å². The van der Waals surface area contributed by atoms with Crippen LogP contribution in [-0.2, 0) is 10.5 Å². The second-order valence-electron chi connectivity index (χ2n) is 8.51. The number of fused-ring (bicyclic) bond motifs is 1. The van der Waals surface area contributed by atoms with Gasteiger partial charge < -0.3 is 20.5 Å². The number of nitrogens with one attached hydrogen (secondary N) is 2. The van der Waals surface area contributed by atoms with Crippen LogP contribution in [-0.4, -0.2) is 27.9 Å². The van der Waals surface area contributed by atoms with Crippen molar-refractivity contribution in [3.63, 3.8) is 0 Å². The maximum Gasteiger partial charge on any atom is 0.234 e. The van der Waals surface area contributed by atoms with Crippen molar-refractivity contribution in [2.45, 2.75) is 18.7 Å². The highest BCUT2D eigenvalue weighted by Crippen LogP contribution is 2.46. The molecule has 1 aliphatic heterocycles. The highest BCUT2D eigenvalue weighted by Gasteiger charge is 2.50. The second kappa shape index (κ2) is 8.68. The summed E-state index contributed by atoms with van der Waals surface area (Å²) in [4.78, 5) is 13.6. The normalized spacial score (nSPS) is 21.3. The summed E-state index contributed by atoms with van der Waals surface area (Å²) in [7, 11) is 1.59. The Bertz CT molecular complexity index is 1280. The molecule has 1 amide bonds. The van der Waals surface area contributed by atoms with Gasteiger partial charge in [-0.15, -0.1) is 0 Å². The lowest BCUT2D eigenvalue weighted by Crippen LogP contribution is -2.53. The smallest absolute Gasteiger partial charge is 0.234 e. The first-order valence-electron chi connectivity index (χ1n) is 11.1. The third kappa shape index (κ3) is 3.80. The summed E-state index contributed by atoms with van der Waals surface area (Å²) >= 11 is 0. The second-order valence-corrected chi connectivity index (χ2v) is 8.51. The molecule has 172 valence electrons. The van der Waals surface area contributed by atoms with Crippen molar-refractivity contribution in [2.75, 3.05) is 17.7 Å². The quantitative estimate of drug-likeness (QED) is 0.409. The van der Waals surface area contributed by atoms with E-state index >= 15 is 0 Å². The Balaban J connectivity index is 1.57. The minimum atomic E-state index is -1.59. The van der Waals surface area contributed by atoms with Gasteiger partial charge in [0.05, 0.1) is 19.3 Å². The average molecular weight is 455 g/mol. The monoisotopic (exact) mass is 454 g/mol. The molecule has 3 atom stereocenters. The van der Waals surface area contributed by atoms with Gasteiger partial charge in [-0.1, -0.05) is 60.7 Å². The van der Waals surface area contributed by atoms with E-state index in [4.69, 9.17) is 4.74 Å². The third-order valence-corrected chi connectivity index (χ3v) is 6.30. The van der Waals surface area contributed by atoms with Gasteiger partial charge in [-0.05, 0) is 42.3 Å². The Morgan fingerprint density at radius 1 is 1.03 bits per heavy atom. The average Bonchev–Trinajstić information content (AvgIpc) is 3.30. The molecule has 0 radical (unpaired) electrons. The summed E-state index contributed by atoms with van der Waals surface area (Å²) in [5.74, 6) is 0.173. The van der Waals surface area contributed by atoms with Crippen molar-refractivity contribution >= 4 is 17.4 Å². The van der Waals surface area contributed by atoms with Gasteiger partial charge in [-0.3, -0.25) is 4.79 Å². The topological polar surface area (TPSA) is 88.4 Å². The first-order chi connectivity index (χ1) is 16.5. The van der Waals surface area contributed by atoms with Crippen LogP contribution in [0.3, 0.4) is 0 Å². The Morgan fingerprint density at radius 2 is 1.68 bits per heavy atom. The summed E-state index contributed by atoms with van der Waals surface area (Å²) in [6, 6.07) is 26.2. The van der Waals surface area contributed by atoms with E-state index in [0.29, 0.717) is 17.3 Å². The van der Waals surface area contributed by atoms with Crippen LogP contribution in [0.15, 0.2) is 91.1 Å². The number of nitrogens with zero attached hydrogens (tertiary/aromatic N) is 2. The molecule has 2 heterocycles. The van der Waals surface area contributed by atoms with E-state index in [2.05, 4.69) is 15.7 Å². The van der Waals surface area contributed by atoms with Gasteiger partial charge in [-0.25, -0.2) is 4.68 Å². The molecule has 0 fully saturated rings. The molecule has 3 N–H and O–H groups in total. The molecule has 3 aromatic carbocycles. The van der Waals surface area contributed by atoms with Gasteiger partial charge in [0.25, 0.3) is 0 Å². The number of carbonyl (C=O) groups is 1. The molecular formula is C27H26N4O3. The maximum absolute atomic E-state index is 13.6. The van der Waals surface area contributed by atoms with Crippen LogP contribution in [0.1, 0.15) is 18.5 Å². The van der Waals surface area contributed by atoms with E-state index in [1.807, 2.05) is 60.7 Å². The number of aromatic nitrogens is 2. The number of carbonyl (C=O) groups excluding carboxylic acids is 1. The van der Waals surface area contributed by atoms with Crippen LogP contribution in [0.2, 0.25) is 0 Å². The molecule has 0 saturated carbocycles. The Kier molecular flexibility index (Phi) is 5.55. The van der Waals surface area contributed by atoms with Crippen molar-refractivity contribution in [2.24, 2.45) is 5.92 Å². The van der Waals surface area contributed by atoms with Crippen LogP contribution in [0.5, 0.6) is 5.75 Å². The molecule has 7 heteroatoms. The summed E-state index contributed by atoms with van der Waals surface area (Å²) in [5.41, 5.74) is 1.74. The number of anilines is 2. The Labute approximate surface area is 198 Å². The van der Waals surface area contributed by atoms with Crippen molar-refractivity contribution in [1.29, 1.82) is 0 Å². The molecule has 1 aromatic heterocycles. The van der Waals surface area contributed by atoms with Gasteiger partial charge in [-0.2, -0.15) is 5.10 Å². The third-order valence-electron chi connectivity index (χ3n) is 6.30. The van der Waals surface area contributed by atoms with E-state index in [1.165, 1.54) is 4.68 Å². The standard InChI is InChI=1S/C27H26N4O3/c1-27(33)23(26(32)29-20-13-15-21(34-2)16-14-20)24(19-11-7-4-8-12-19)30-25-22(17-28-31(25)27)18-9-5-3-6-10-18/h3-17,23-24,30,33H,1-2H3,(H,29,32). The molecule has 0 bridgehead atoms. The molecule has 7 nitrogen and oxygen atoms in total. The number of methoxy groups -OCH3 is 1. The molecule has 3 unspecified atom stereocenters. The fourth-order valence-electron chi connectivity index (χ4n) is 4.57. The zero-order valence-electron chi connectivity index (χ0n) is 19.0. The predicted octanol–water partition coefficient (Wildman–Crippen LogP) is 4.65. The van der Waals surface area contributed by atoms with E-state index in [1.54, 1.807) is 44.5 Å². The molecular weight excluding hydrogens is 428 g/mol. The summed E-state index contributed by atoms with van der Waals surface area (Å²) < 4.78 is 6.71. The molecule has 0 spiro atoms. The lowest BCUT2D eigenvalue weighted by Gasteiger charge is -2.43. The number of benzene rings is 3. The van der Waals surface area contributed by atoms with Gasteiger partial charge in [0.15, 0.2) is 5.72 Å². The van der Waals surface area contributed by atoms with Crippen molar-refractivity contribution in [1.82, 2.24) is 9.78 Å². The maximum atomic E-state index is 13.6. The van der Waals surface area contributed by atoms with Gasteiger partial charge in [0.1, 0.15) is 17.5 Å². The SMILES string of the molecule is COc1ccc(NC(=O)C2C(c3ccccc3)Nc3c(-c4ccccc4)cnn3C2(C)O)cc1. The molecule has 0 aliphatic carbocycles. The summed E-state index contributed by atoms with van der Waals surface area (Å²) in [6.45, 7) is 1.63. The molecule has 34 heavy (non-hydrogen) atoms. The fourth-order valence-corrected chi connectivity index (χ4v) is 4.57. The lowest BCUT2D eigenvalue weighted by atomic mass is 9.82. The van der Waals surface area contributed by atoms with E-state index in [0.717, 1.165) is 16.7 Å². The van der Waals surface area contributed by atoms with Crippen LogP contribution in [0, 0.1) is 5.92 Å². The van der Waals surface area contributed by atoms with Crippen molar-refractivity contribution in [3.8, 4) is 16.9 Å². The molecule has 1 aliphatic rings. The molecule has 0 saturated heterocycles. The highest BCUT2D eigenvalue weighted by molar-refractivity contribution is 5.94. The van der Waals surface area contributed by atoms with Gasteiger partial charge in [0.2, 0.25) is 5.91 Å². The Morgan fingerprint density at radius 3 is 2.32 bits per heavy atom. The number of rotatable bonds is 5. The fraction of sp³-hybridized carbons (Fsp3) is 0.185. The zero-order valence-corrected chi connectivity index (χ0v) is 19.0. The number of hydrogen-bond donors (Lipinski definition) is 3. The van der Waals surface area contributed by atoms with Crippen LogP contribution >= 0.6 is 0 Å². The number of amides is 1. The van der Waals surface area contributed by atoms with Crippen LogP contribution in [0.4, 0.5) is 11.5 Å². The minimum absolute atomic E-state index is 0.320. The largest absolute Gasteiger partial charge is 0.497 e. The van der Waals surface area contributed by atoms with Crippen molar-refractivity contribution < 1.29 is 14.6 Å². The Hall–Kier alpha value is -4.10. The van der Waals surface area contributed by atoms with Gasteiger partial charge >= 0.3 is 0 Å². The first kappa shape index (κ1) is 21.7. The molecule has 4 aromatic rings. The lowest BCUT2D eigenvalue weighted by molar-refractivity contribution is -0.143. The summed E-state index contributed by atoms with van der Waals surface area (Å²) in [6.07, 6.45) is 1.72. The van der Waals surface area contributed by atoms with Gasteiger partial charge in [0, 0.05) is 11.3 Å². The minimum Gasteiger partial charge on any atom is -0.497 e. The predicted molar refractivity (Wildman–Crippen MR) is 131 cm³/mol. The molecule has 5 rings (SSSR count).